The summed E-state index contributed by atoms with van der Waals surface area (Å²) >= 11 is 0. The van der Waals surface area contributed by atoms with Gasteiger partial charge in [0.15, 0.2) is 0 Å². The molecule has 5 heteroatoms. The highest BCUT2D eigenvalue weighted by Crippen LogP contribution is 2.08. The predicted octanol–water partition coefficient (Wildman–Crippen LogP) is 0.299. The second-order valence-electron chi connectivity index (χ2n) is 3.24. The fourth-order valence-electron chi connectivity index (χ4n) is 1.03. The highest BCUT2D eigenvalue weighted by atomic mass is 15.4. The normalized spacial score (nSPS) is 10.8. The van der Waals surface area contributed by atoms with Crippen molar-refractivity contribution in [3.8, 4) is 0 Å². The summed E-state index contributed by atoms with van der Waals surface area (Å²) in [5.41, 5.74) is 2.48. The summed E-state index contributed by atoms with van der Waals surface area (Å²) in [7, 11) is 1.90. The Morgan fingerprint density at radius 2 is 2.17 bits per heavy atom. The van der Waals surface area contributed by atoms with Crippen molar-refractivity contribution in [1.29, 1.82) is 0 Å². The Hall–Kier alpha value is -1.10. The van der Waals surface area contributed by atoms with Crippen LogP contribution in [0.5, 0.6) is 0 Å². The first-order chi connectivity index (χ1) is 5.65. The Labute approximate surface area is 71.9 Å². The van der Waals surface area contributed by atoms with Crippen LogP contribution < -0.4 is 11.3 Å². The zero-order chi connectivity index (χ0) is 9.14. The Bertz CT molecular complexity index is 252. The third-order valence-electron chi connectivity index (χ3n) is 1.68. The number of hydrogen-bond donors (Lipinski definition) is 2. The monoisotopic (exact) mass is 169 g/mol. The van der Waals surface area contributed by atoms with E-state index in [9.17, 15) is 0 Å². The van der Waals surface area contributed by atoms with E-state index in [-0.39, 0.29) is 0 Å². The molecule has 1 aromatic rings. The molecule has 0 fully saturated rings. The van der Waals surface area contributed by atoms with Crippen LogP contribution in [0.4, 0.5) is 5.95 Å². The maximum Gasteiger partial charge on any atom is 0.238 e. The summed E-state index contributed by atoms with van der Waals surface area (Å²) in [6.45, 7) is 4.29. The second-order valence-corrected chi connectivity index (χ2v) is 3.24. The van der Waals surface area contributed by atoms with Crippen molar-refractivity contribution in [2.45, 2.75) is 20.3 Å². The second kappa shape index (κ2) is 3.53. The van der Waals surface area contributed by atoms with Gasteiger partial charge in [-0.2, -0.15) is 0 Å². The van der Waals surface area contributed by atoms with Gasteiger partial charge in [-0.3, -0.25) is 9.99 Å². The van der Waals surface area contributed by atoms with Crippen LogP contribution in [0, 0.1) is 5.92 Å². The first-order valence-corrected chi connectivity index (χ1v) is 4.00. The average Bonchev–Trinajstić information content (AvgIpc) is 2.32. The topological polar surface area (TPSA) is 68.8 Å². The molecule has 0 bridgehead atoms. The molecule has 1 aromatic heterocycles. The summed E-state index contributed by atoms with van der Waals surface area (Å²) < 4.78 is 1.86. The molecule has 0 amide bonds. The highest BCUT2D eigenvalue weighted by molar-refractivity contribution is 5.22. The number of nitrogens with two attached hydrogens (primary N) is 1. The molecule has 0 aromatic carbocycles. The van der Waals surface area contributed by atoms with Crippen molar-refractivity contribution in [3.05, 3.63) is 5.82 Å². The quantitative estimate of drug-likeness (QED) is 0.504. The van der Waals surface area contributed by atoms with Crippen LogP contribution in [0.2, 0.25) is 0 Å². The number of rotatable bonds is 3. The summed E-state index contributed by atoms with van der Waals surface area (Å²) in [6.07, 6.45) is 0.922. The minimum absolute atomic E-state index is 0.582. The fourth-order valence-corrected chi connectivity index (χ4v) is 1.03. The lowest BCUT2D eigenvalue weighted by atomic mass is 10.1. The summed E-state index contributed by atoms with van der Waals surface area (Å²) in [6, 6.07) is 0. The number of hydrazine groups is 1. The van der Waals surface area contributed by atoms with Crippen molar-refractivity contribution in [2.75, 3.05) is 5.43 Å². The minimum Gasteiger partial charge on any atom is -0.300 e. The number of anilines is 1. The fraction of sp³-hybridized carbons (Fsp3) is 0.714. The molecular weight excluding hydrogens is 154 g/mol. The first-order valence-electron chi connectivity index (χ1n) is 4.00. The maximum absolute atomic E-state index is 5.22. The van der Waals surface area contributed by atoms with Crippen molar-refractivity contribution >= 4 is 5.95 Å². The predicted molar refractivity (Wildman–Crippen MR) is 47.4 cm³/mol. The van der Waals surface area contributed by atoms with E-state index in [1.165, 1.54) is 0 Å². The number of aromatic nitrogens is 3. The zero-order valence-corrected chi connectivity index (χ0v) is 7.70. The molecule has 0 aliphatic carbocycles. The van der Waals surface area contributed by atoms with E-state index in [1.54, 1.807) is 0 Å². The van der Waals surface area contributed by atoms with Crippen LogP contribution in [0.15, 0.2) is 0 Å². The summed E-state index contributed by atoms with van der Waals surface area (Å²) in [5.74, 6) is 7.36. The van der Waals surface area contributed by atoms with E-state index < -0.39 is 0 Å². The van der Waals surface area contributed by atoms with Crippen LogP contribution in [-0.4, -0.2) is 14.8 Å². The molecule has 12 heavy (non-hydrogen) atoms. The van der Waals surface area contributed by atoms with Crippen LogP contribution in [0.1, 0.15) is 19.7 Å². The molecule has 0 aliphatic heterocycles. The molecule has 5 nitrogen and oxygen atoms in total. The smallest absolute Gasteiger partial charge is 0.238 e. The Morgan fingerprint density at radius 1 is 1.50 bits per heavy atom. The van der Waals surface area contributed by atoms with Crippen LogP contribution >= 0.6 is 0 Å². The van der Waals surface area contributed by atoms with Crippen molar-refractivity contribution in [3.63, 3.8) is 0 Å². The van der Waals surface area contributed by atoms with Crippen LogP contribution in [0.3, 0.4) is 0 Å². The maximum atomic E-state index is 5.22. The molecule has 1 heterocycles. The highest BCUT2D eigenvalue weighted by Gasteiger charge is 2.07. The molecule has 0 saturated heterocycles. The van der Waals surface area contributed by atoms with E-state index in [0.717, 1.165) is 12.2 Å². The molecule has 0 saturated carbocycles. The Morgan fingerprint density at radius 3 is 2.58 bits per heavy atom. The van der Waals surface area contributed by atoms with Gasteiger partial charge >= 0.3 is 0 Å². The first kappa shape index (κ1) is 8.99. The third-order valence-corrected chi connectivity index (χ3v) is 1.68. The molecule has 0 aliphatic rings. The molecule has 1 rings (SSSR count). The Balaban J connectivity index is 2.80. The van der Waals surface area contributed by atoms with E-state index in [0.29, 0.717) is 11.9 Å². The van der Waals surface area contributed by atoms with Gasteiger partial charge in [-0.05, 0) is 5.92 Å². The zero-order valence-electron chi connectivity index (χ0n) is 7.70. The molecule has 3 N–H and O–H groups in total. The van der Waals surface area contributed by atoms with Gasteiger partial charge in [-0.1, -0.05) is 13.8 Å². The molecule has 0 atom stereocenters. The number of nitrogen functional groups attached to an aromatic ring is 1. The van der Waals surface area contributed by atoms with Gasteiger partial charge in [0, 0.05) is 13.5 Å². The van der Waals surface area contributed by atoms with Gasteiger partial charge in [0.05, 0.1) is 0 Å². The lowest BCUT2D eigenvalue weighted by Gasteiger charge is -2.04. The molecular formula is C7H15N5. The van der Waals surface area contributed by atoms with Crippen molar-refractivity contribution < 1.29 is 0 Å². The van der Waals surface area contributed by atoms with Crippen molar-refractivity contribution in [1.82, 2.24) is 14.8 Å². The molecule has 0 unspecified atom stereocenters. The number of hydrogen-bond acceptors (Lipinski definition) is 4. The van der Waals surface area contributed by atoms with Gasteiger partial charge in [-0.15, -0.1) is 10.2 Å². The van der Waals surface area contributed by atoms with E-state index in [2.05, 4.69) is 29.5 Å². The average molecular weight is 169 g/mol. The molecule has 68 valence electrons. The summed E-state index contributed by atoms with van der Waals surface area (Å²) in [5, 5.41) is 7.86. The Kier molecular flexibility index (Phi) is 2.65. The number of nitrogens with zero attached hydrogens (tertiary/aromatic N) is 3. The molecule has 0 radical (unpaired) electrons. The van der Waals surface area contributed by atoms with E-state index in [4.69, 9.17) is 5.84 Å². The van der Waals surface area contributed by atoms with Gasteiger partial charge in [0.2, 0.25) is 5.95 Å². The van der Waals surface area contributed by atoms with Gasteiger partial charge in [0.25, 0.3) is 0 Å². The lowest BCUT2D eigenvalue weighted by Crippen LogP contribution is -2.12. The number of nitrogens with one attached hydrogen (secondary N) is 1. The standard InChI is InChI=1S/C7H15N5/c1-5(2)4-6-10-11-7(9-8)12(6)3/h5H,4,8H2,1-3H3,(H,9,11). The van der Waals surface area contributed by atoms with Gasteiger partial charge in [0.1, 0.15) is 5.82 Å². The summed E-state index contributed by atoms with van der Waals surface area (Å²) in [4.78, 5) is 0. The third kappa shape index (κ3) is 1.73. The van der Waals surface area contributed by atoms with Crippen LogP contribution in [-0.2, 0) is 13.5 Å². The SMILES string of the molecule is CC(C)Cc1nnc(NN)n1C. The van der Waals surface area contributed by atoms with E-state index >= 15 is 0 Å². The van der Waals surface area contributed by atoms with E-state index in [1.807, 2.05) is 11.6 Å². The van der Waals surface area contributed by atoms with Crippen molar-refractivity contribution in [2.24, 2.45) is 18.8 Å². The van der Waals surface area contributed by atoms with Crippen LogP contribution in [0.25, 0.3) is 0 Å². The molecule has 0 spiro atoms. The van der Waals surface area contributed by atoms with Gasteiger partial charge in [-0.25, -0.2) is 5.84 Å². The lowest BCUT2D eigenvalue weighted by molar-refractivity contribution is 0.601. The van der Waals surface area contributed by atoms with Gasteiger partial charge < -0.3 is 0 Å². The minimum atomic E-state index is 0.582. The largest absolute Gasteiger partial charge is 0.300 e.